The van der Waals surface area contributed by atoms with Crippen molar-refractivity contribution in [1.29, 1.82) is 0 Å². The van der Waals surface area contributed by atoms with Crippen LogP contribution in [0.1, 0.15) is 54.2 Å². The first kappa shape index (κ1) is 16.9. The lowest BCUT2D eigenvalue weighted by Gasteiger charge is -2.49. The molecular formula is C22H28O2. The van der Waals surface area contributed by atoms with E-state index in [4.69, 9.17) is 4.74 Å². The number of rotatable bonds is 1. The minimum Gasteiger partial charge on any atom is -0.507 e. The summed E-state index contributed by atoms with van der Waals surface area (Å²) in [6, 6.07) is 8.66. The number of phenolic OH excluding ortho intramolecular Hbond substituents is 1. The molecule has 0 fully saturated rings. The van der Waals surface area contributed by atoms with E-state index >= 15 is 0 Å². The normalized spacial score (nSPS) is 22.0. The van der Waals surface area contributed by atoms with Crippen molar-refractivity contribution in [2.24, 2.45) is 0 Å². The van der Waals surface area contributed by atoms with E-state index in [-0.39, 0.29) is 11.0 Å². The van der Waals surface area contributed by atoms with Gasteiger partial charge in [-0.05, 0) is 75.8 Å². The number of fused-ring (bicyclic) bond motifs is 1. The van der Waals surface area contributed by atoms with Gasteiger partial charge >= 0.3 is 0 Å². The van der Waals surface area contributed by atoms with E-state index in [9.17, 15) is 5.11 Å². The zero-order chi connectivity index (χ0) is 17.9. The van der Waals surface area contributed by atoms with E-state index in [2.05, 4.69) is 58.9 Å². The second kappa shape index (κ2) is 5.27. The van der Waals surface area contributed by atoms with Gasteiger partial charge in [0, 0.05) is 5.41 Å². The molecule has 1 heterocycles. The minimum atomic E-state index is -0.337. The smallest absolute Gasteiger partial charge is 0.126 e. The summed E-state index contributed by atoms with van der Waals surface area (Å²) in [4.78, 5) is 0. The maximum atomic E-state index is 10.1. The molecule has 1 atom stereocenters. The lowest BCUT2D eigenvalue weighted by atomic mass is 9.64. The molecule has 24 heavy (non-hydrogen) atoms. The van der Waals surface area contributed by atoms with Crippen LogP contribution in [0.4, 0.5) is 0 Å². The second-order valence-electron chi connectivity index (χ2n) is 8.15. The van der Waals surface area contributed by atoms with Crippen molar-refractivity contribution in [2.45, 2.75) is 65.9 Å². The van der Waals surface area contributed by atoms with Crippen molar-refractivity contribution >= 4 is 0 Å². The van der Waals surface area contributed by atoms with Crippen LogP contribution in [0, 0.1) is 27.7 Å². The molecule has 3 rings (SSSR count). The molecule has 1 aliphatic rings. The highest BCUT2D eigenvalue weighted by molar-refractivity contribution is 5.51. The number of aryl methyl sites for hydroxylation is 4. The molecular weight excluding hydrogens is 296 g/mol. The van der Waals surface area contributed by atoms with Gasteiger partial charge in [-0.15, -0.1) is 0 Å². The SMILES string of the molecule is Cc1cc(C)c2c(c1)CC(C)(c1cc(C)c(O)c(C)c1)C(C)(C)O2. The Hall–Kier alpha value is -1.96. The van der Waals surface area contributed by atoms with E-state index in [1.165, 1.54) is 22.3 Å². The third-order valence-electron chi connectivity index (χ3n) is 5.85. The van der Waals surface area contributed by atoms with E-state index in [0.29, 0.717) is 5.75 Å². The Bertz CT molecular complexity index is 794. The summed E-state index contributed by atoms with van der Waals surface area (Å²) in [5.41, 5.74) is 6.33. The van der Waals surface area contributed by atoms with E-state index in [0.717, 1.165) is 23.3 Å². The molecule has 0 aliphatic carbocycles. The van der Waals surface area contributed by atoms with Gasteiger partial charge in [0.25, 0.3) is 0 Å². The predicted octanol–water partition coefficient (Wildman–Crippen LogP) is 5.30. The summed E-state index contributed by atoms with van der Waals surface area (Å²) in [6.07, 6.45) is 0.932. The van der Waals surface area contributed by atoms with Gasteiger partial charge in [-0.25, -0.2) is 0 Å². The Balaban J connectivity index is 2.19. The van der Waals surface area contributed by atoms with Gasteiger partial charge in [0.1, 0.15) is 17.1 Å². The minimum absolute atomic E-state index is 0.163. The summed E-state index contributed by atoms with van der Waals surface area (Å²) in [5.74, 6) is 1.43. The van der Waals surface area contributed by atoms with Crippen molar-refractivity contribution < 1.29 is 9.84 Å². The molecule has 0 saturated heterocycles. The summed E-state index contributed by atoms with van der Waals surface area (Å²) in [5, 5.41) is 10.1. The molecule has 0 aromatic heterocycles. The molecule has 0 bridgehead atoms. The first-order chi connectivity index (χ1) is 11.0. The van der Waals surface area contributed by atoms with Crippen LogP contribution < -0.4 is 4.74 Å². The van der Waals surface area contributed by atoms with Gasteiger partial charge in [-0.1, -0.05) is 36.8 Å². The van der Waals surface area contributed by atoms with Crippen LogP contribution >= 0.6 is 0 Å². The topological polar surface area (TPSA) is 29.5 Å². The zero-order valence-electron chi connectivity index (χ0n) is 15.9. The maximum absolute atomic E-state index is 10.1. The van der Waals surface area contributed by atoms with Crippen LogP contribution in [0.15, 0.2) is 24.3 Å². The number of hydrogen-bond donors (Lipinski definition) is 1. The third kappa shape index (κ3) is 2.40. The van der Waals surface area contributed by atoms with Gasteiger partial charge in [0.05, 0.1) is 0 Å². The van der Waals surface area contributed by atoms with Crippen LogP contribution in [0.2, 0.25) is 0 Å². The van der Waals surface area contributed by atoms with Crippen LogP contribution in [-0.2, 0) is 11.8 Å². The number of benzene rings is 2. The molecule has 2 aromatic rings. The molecule has 0 amide bonds. The largest absolute Gasteiger partial charge is 0.507 e. The van der Waals surface area contributed by atoms with E-state index in [1.54, 1.807) is 0 Å². The van der Waals surface area contributed by atoms with Crippen molar-refractivity contribution in [1.82, 2.24) is 0 Å². The lowest BCUT2D eigenvalue weighted by molar-refractivity contribution is 0.00902. The number of ether oxygens (including phenoxy) is 1. The second-order valence-corrected chi connectivity index (χ2v) is 8.15. The number of phenols is 1. The van der Waals surface area contributed by atoms with Crippen molar-refractivity contribution in [3.05, 3.63) is 57.6 Å². The van der Waals surface area contributed by atoms with Crippen molar-refractivity contribution in [3.8, 4) is 11.5 Å². The summed E-state index contributed by atoms with van der Waals surface area (Å²) >= 11 is 0. The van der Waals surface area contributed by atoms with Crippen LogP contribution in [-0.4, -0.2) is 10.7 Å². The van der Waals surface area contributed by atoms with Gasteiger partial charge in [0.15, 0.2) is 0 Å². The standard InChI is InChI=1S/C22H28O2/c1-13-8-16(4)20-17(9-13)12-22(7,21(5,6)24-20)18-10-14(2)19(23)15(3)11-18/h8-11,23H,12H2,1-7H3. The fourth-order valence-corrected chi connectivity index (χ4v) is 4.01. The Morgan fingerprint density at radius 2 is 1.46 bits per heavy atom. The molecule has 0 saturated carbocycles. The quantitative estimate of drug-likeness (QED) is 0.771. The summed E-state index contributed by atoms with van der Waals surface area (Å²) in [7, 11) is 0. The van der Waals surface area contributed by atoms with E-state index < -0.39 is 0 Å². The Labute approximate surface area is 145 Å². The first-order valence-corrected chi connectivity index (χ1v) is 8.65. The fraction of sp³-hybridized carbons (Fsp3) is 0.455. The van der Waals surface area contributed by atoms with Crippen molar-refractivity contribution in [2.75, 3.05) is 0 Å². The van der Waals surface area contributed by atoms with Gasteiger partial charge < -0.3 is 9.84 Å². The highest BCUT2D eigenvalue weighted by atomic mass is 16.5. The predicted molar refractivity (Wildman–Crippen MR) is 99.3 cm³/mol. The van der Waals surface area contributed by atoms with Gasteiger partial charge in [-0.2, -0.15) is 0 Å². The van der Waals surface area contributed by atoms with Crippen molar-refractivity contribution in [3.63, 3.8) is 0 Å². The van der Waals surface area contributed by atoms with Gasteiger partial charge in [-0.3, -0.25) is 0 Å². The first-order valence-electron chi connectivity index (χ1n) is 8.65. The molecule has 1 unspecified atom stereocenters. The number of aromatic hydroxyl groups is 1. The molecule has 1 N–H and O–H groups in total. The highest BCUT2D eigenvalue weighted by Gasteiger charge is 2.48. The van der Waals surface area contributed by atoms with Gasteiger partial charge in [0.2, 0.25) is 0 Å². The Morgan fingerprint density at radius 3 is 2.04 bits per heavy atom. The average Bonchev–Trinajstić information content (AvgIpc) is 2.46. The lowest BCUT2D eigenvalue weighted by Crippen LogP contribution is -2.53. The number of hydrogen-bond acceptors (Lipinski definition) is 2. The highest BCUT2D eigenvalue weighted by Crippen LogP contribution is 2.49. The average molecular weight is 324 g/mol. The summed E-state index contributed by atoms with van der Waals surface area (Å²) < 4.78 is 6.52. The Morgan fingerprint density at radius 1 is 0.875 bits per heavy atom. The Kier molecular flexibility index (Phi) is 3.71. The third-order valence-corrected chi connectivity index (χ3v) is 5.85. The maximum Gasteiger partial charge on any atom is 0.126 e. The molecule has 2 aromatic carbocycles. The summed E-state index contributed by atoms with van der Waals surface area (Å²) in [6.45, 7) is 14.8. The zero-order valence-corrected chi connectivity index (χ0v) is 15.9. The van der Waals surface area contributed by atoms with E-state index in [1.807, 2.05) is 13.8 Å². The van der Waals surface area contributed by atoms with Crippen LogP contribution in [0.5, 0.6) is 11.5 Å². The molecule has 0 spiro atoms. The molecule has 2 heteroatoms. The molecule has 1 aliphatic heterocycles. The van der Waals surface area contributed by atoms with Crippen LogP contribution in [0.25, 0.3) is 0 Å². The van der Waals surface area contributed by atoms with Crippen LogP contribution in [0.3, 0.4) is 0 Å². The molecule has 128 valence electrons. The molecule has 2 nitrogen and oxygen atoms in total. The monoisotopic (exact) mass is 324 g/mol. The molecule has 0 radical (unpaired) electrons. The fourth-order valence-electron chi connectivity index (χ4n) is 4.01.